The van der Waals surface area contributed by atoms with Crippen molar-refractivity contribution >= 4 is 6.03 Å². The van der Waals surface area contributed by atoms with Gasteiger partial charge in [-0.25, -0.2) is 4.79 Å². The van der Waals surface area contributed by atoms with E-state index < -0.39 is 5.60 Å². The molecule has 1 aromatic heterocycles. The summed E-state index contributed by atoms with van der Waals surface area (Å²) in [5, 5.41) is 16.0. The first-order valence-electron chi connectivity index (χ1n) is 9.05. The molecule has 0 bridgehead atoms. The van der Waals surface area contributed by atoms with Crippen molar-refractivity contribution in [1.29, 1.82) is 0 Å². The van der Waals surface area contributed by atoms with Crippen molar-refractivity contribution < 1.29 is 14.3 Å². The van der Waals surface area contributed by atoms with Crippen molar-refractivity contribution in [2.45, 2.75) is 57.6 Å². The molecule has 6 heteroatoms. The molecule has 0 aliphatic carbocycles. The molecule has 0 saturated carbocycles. The third-order valence-corrected chi connectivity index (χ3v) is 4.69. The number of hydrogen-bond donors (Lipinski definition) is 3. The summed E-state index contributed by atoms with van der Waals surface area (Å²) < 4.78 is 5.21. The fourth-order valence-electron chi connectivity index (χ4n) is 3.14. The molecular weight excluding hydrogens is 306 g/mol. The lowest BCUT2D eigenvalue weighted by molar-refractivity contribution is 0.0366. The summed E-state index contributed by atoms with van der Waals surface area (Å²) in [7, 11) is 0. The van der Waals surface area contributed by atoms with E-state index in [2.05, 4.69) is 22.5 Å². The number of piperidine rings is 1. The molecule has 0 spiro atoms. The van der Waals surface area contributed by atoms with Crippen LogP contribution >= 0.6 is 0 Å². The number of carbonyl (C=O) groups is 1. The van der Waals surface area contributed by atoms with Crippen LogP contribution in [0.3, 0.4) is 0 Å². The highest BCUT2D eigenvalue weighted by atomic mass is 16.4. The first-order valence-corrected chi connectivity index (χ1v) is 9.05. The number of hydrogen-bond acceptors (Lipinski definition) is 4. The summed E-state index contributed by atoms with van der Waals surface area (Å²) in [6.45, 7) is 6.82. The summed E-state index contributed by atoms with van der Waals surface area (Å²) >= 11 is 0. The third-order valence-electron chi connectivity index (χ3n) is 4.69. The second-order valence-corrected chi connectivity index (χ2v) is 6.85. The quantitative estimate of drug-likeness (QED) is 0.681. The van der Waals surface area contributed by atoms with Gasteiger partial charge >= 0.3 is 6.03 Å². The molecular formula is C18H31N3O3. The first-order chi connectivity index (χ1) is 11.5. The number of nitrogens with one attached hydrogen (secondary N) is 2. The first kappa shape index (κ1) is 18.8. The zero-order valence-electron chi connectivity index (χ0n) is 14.9. The zero-order valence-corrected chi connectivity index (χ0v) is 14.9. The smallest absolute Gasteiger partial charge is 0.314 e. The Bertz CT molecular complexity index is 488. The van der Waals surface area contributed by atoms with Gasteiger partial charge in [-0.05, 0) is 51.4 Å². The zero-order chi connectivity index (χ0) is 17.4. The van der Waals surface area contributed by atoms with Crippen molar-refractivity contribution in [2.75, 3.05) is 26.2 Å². The predicted octanol–water partition coefficient (Wildman–Crippen LogP) is 2.44. The maximum atomic E-state index is 12.0. The molecule has 2 atom stereocenters. The summed E-state index contributed by atoms with van der Waals surface area (Å²) in [6, 6.07) is 3.59. The minimum Gasteiger partial charge on any atom is -0.466 e. The van der Waals surface area contributed by atoms with E-state index in [1.165, 1.54) is 31.9 Å². The lowest BCUT2D eigenvalue weighted by Gasteiger charge is -2.35. The molecule has 2 rings (SSSR count). The number of urea groups is 1. The second-order valence-electron chi connectivity index (χ2n) is 6.85. The normalized spacial score (nSPS) is 21.2. The van der Waals surface area contributed by atoms with Gasteiger partial charge in [0.05, 0.1) is 12.8 Å². The summed E-state index contributed by atoms with van der Waals surface area (Å²) in [5.74, 6) is 0.445. The molecule has 1 saturated heterocycles. The van der Waals surface area contributed by atoms with Crippen LogP contribution in [0, 0.1) is 0 Å². The van der Waals surface area contributed by atoms with Gasteiger partial charge in [0.15, 0.2) is 0 Å². The van der Waals surface area contributed by atoms with Crippen LogP contribution in [-0.4, -0.2) is 48.3 Å². The summed E-state index contributed by atoms with van der Waals surface area (Å²) in [6.07, 6.45) is 7.52. The van der Waals surface area contributed by atoms with Crippen LogP contribution in [-0.2, 0) is 5.60 Å². The SMILES string of the molecule is CCCCN1CCCCC1CNC(=O)NCC(C)(O)c1ccco1. The lowest BCUT2D eigenvalue weighted by atomic mass is 10.0. The highest BCUT2D eigenvalue weighted by Crippen LogP contribution is 2.20. The van der Waals surface area contributed by atoms with Crippen molar-refractivity contribution in [3.63, 3.8) is 0 Å². The van der Waals surface area contributed by atoms with E-state index in [0.717, 1.165) is 19.5 Å². The Kier molecular flexibility index (Phi) is 7.12. The molecule has 6 nitrogen and oxygen atoms in total. The highest BCUT2D eigenvalue weighted by Gasteiger charge is 2.27. The third kappa shape index (κ3) is 5.53. The number of furan rings is 1. The van der Waals surface area contributed by atoms with Gasteiger partial charge in [0, 0.05) is 12.6 Å². The topological polar surface area (TPSA) is 77.7 Å². The number of nitrogens with zero attached hydrogens (tertiary/aromatic N) is 1. The Labute approximate surface area is 144 Å². The molecule has 2 amide bonds. The molecule has 2 unspecified atom stereocenters. The van der Waals surface area contributed by atoms with Crippen LogP contribution in [0.25, 0.3) is 0 Å². The average molecular weight is 337 g/mol. The Morgan fingerprint density at radius 1 is 1.46 bits per heavy atom. The minimum atomic E-state index is -1.21. The second kappa shape index (κ2) is 9.08. The van der Waals surface area contributed by atoms with Crippen LogP contribution in [0.2, 0.25) is 0 Å². The van der Waals surface area contributed by atoms with Crippen LogP contribution in [0.4, 0.5) is 4.79 Å². The molecule has 3 N–H and O–H groups in total. The van der Waals surface area contributed by atoms with E-state index in [-0.39, 0.29) is 12.6 Å². The number of aliphatic hydroxyl groups is 1. The molecule has 0 radical (unpaired) electrons. The molecule has 1 aliphatic heterocycles. The molecule has 1 fully saturated rings. The van der Waals surface area contributed by atoms with E-state index in [1.54, 1.807) is 19.1 Å². The van der Waals surface area contributed by atoms with Crippen LogP contribution in [0.1, 0.15) is 51.7 Å². The largest absolute Gasteiger partial charge is 0.466 e. The Balaban J connectivity index is 1.73. The van der Waals surface area contributed by atoms with Crippen LogP contribution in [0.5, 0.6) is 0 Å². The number of unbranched alkanes of at least 4 members (excludes halogenated alkanes) is 1. The maximum Gasteiger partial charge on any atom is 0.314 e. The lowest BCUT2D eigenvalue weighted by Crippen LogP contribution is -2.50. The highest BCUT2D eigenvalue weighted by molar-refractivity contribution is 5.73. The molecule has 136 valence electrons. The fraction of sp³-hybridized carbons (Fsp3) is 0.722. The van der Waals surface area contributed by atoms with Crippen molar-refractivity contribution in [3.8, 4) is 0 Å². The van der Waals surface area contributed by atoms with Gasteiger partial charge in [0.25, 0.3) is 0 Å². The van der Waals surface area contributed by atoms with Gasteiger partial charge in [-0.15, -0.1) is 0 Å². The Hall–Kier alpha value is -1.53. The number of carbonyl (C=O) groups excluding carboxylic acids is 1. The monoisotopic (exact) mass is 337 g/mol. The van der Waals surface area contributed by atoms with E-state index in [0.29, 0.717) is 18.3 Å². The summed E-state index contributed by atoms with van der Waals surface area (Å²) in [4.78, 5) is 14.5. The molecule has 1 aliphatic rings. The van der Waals surface area contributed by atoms with Crippen molar-refractivity contribution in [1.82, 2.24) is 15.5 Å². The van der Waals surface area contributed by atoms with Gasteiger partial charge in [0.2, 0.25) is 0 Å². The number of likely N-dealkylation sites (tertiary alicyclic amines) is 1. The number of amides is 2. The van der Waals surface area contributed by atoms with Crippen molar-refractivity contribution in [2.24, 2.45) is 0 Å². The van der Waals surface area contributed by atoms with Crippen molar-refractivity contribution in [3.05, 3.63) is 24.2 Å². The molecule has 2 heterocycles. The summed E-state index contributed by atoms with van der Waals surface area (Å²) in [5.41, 5.74) is -1.21. The van der Waals surface area contributed by atoms with E-state index >= 15 is 0 Å². The predicted molar refractivity (Wildman–Crippen MR) is 93.8 cm³/mol. The fourth-order valence-corrected chi connectivity index (χ4v) is 3.14. The van der Waals surface area contributed by atoms with Crippen LogP contribution in [0.15, 0.2) is 22.8 Å². The Morgan fingerprint density at radius 2 is 2.29 bits per heavy atom. The van der Waals surface area contributed by atoms with E-state index in [9.17, 15) is 9.90 Å². The Morgan fingerprint density at radius 3 is 3.00 bits per heavy atom. The average Bonchev–Trinajstić information content (AvgIpc) is 3.12. The van der Waals surface area contributed by atoms with Crippen LogP contribution < -0.4 is 10.6 Å². The van der Waals surface area contributed by atoms with Gasteiger partial charge in [-0.3, -0.25) is 4.90 Å². The molecule has 1 aromatic rings. The van der Waals surface area contributed by atoms with Gasteiger partial charge in [-0.2, -0.15) is 0 Å². The van der Waals surface area contributed by atoms with E-state index in [1.807, 2.05) is 0 Å². The van der Waals surface area contributed by atoms with Gasteiger partial charge < -0.3 is 20.2 Å². The van der Waals surface area contributed by atoms with Gasteiger partial charge in [-0.1, -0.05) is 19.8 Å². The van der Waals surface area contributed by atoms with E-state index in [4.69, 9.17) is 4.42 Å². The maximum absolute atomic E-state index is 12.0. The minimum absolute atomic E-state index is 0.108. The standard InChI is InChI=1S/C18H31N3O3/c1-3-4-10-21-11-6-5-8-15(21)13-19-17(22)20-14-18(2,23)16-9-7-12-24-16/h7,9,12,15,23H,3-6,8,10-11,13-14H2,1-2H3,(H2,19,20,22). The molecule has 24 heavy (non-hydrogen) atoms. The number of rotatable bonds is 8. The van der Waals surface area contributed by atoms with Gasteiger partial charge in [0.1, 0.15) is 11.4 Å². The molecule has 0 aromatic carbocycles.